The second kappa shape index (κ2) is 5.71. The van der Waals surface area contributed by atoms with Gasteiger partial charge in [-0.15, -0.1) is 11.3 Å². The molecule has 0 saturated heterocycles. The minimum Gasteiger partial charge on any atom is -0.271 e. The highest BCUT2D eigenvalue weighted by Crippen LogP contribution is 2.26. The lowest BCUT2D eigenvalue weighted by Crippen LogP contribution is -2.29. The maximum atomic E-state index is 5.77. The lowest BCUT2D eigenvalue weighted by molar-refractivity contribution is 0.635. The van der Waals surface area contributed by atoms with Crippen LogP contribution in [0.15, 0.2) is 48.0 Å². The lowest BCUT2D eigenvalue weighted by Gasteiger charge is -2.17. The molecule has 0 spiro atoms. The minimum absolute atomic E-state index is 0.0273. The number of benzene rings is 1. The fourth-order valence-electron chi connectivity index (χ4n) is 2.40. The van der Waals surface area contributed by atoms with Crippen LogP contribution in [0.2, 0.25) is 0 Å². The van der Waals surface area contributed by atoms with Crippen LogP contribution >= 0.6 is 11.3 Å². The minimum atomic E-state index is -0.0273. The molecule has 102 valence electrons. The van der Waals surface area contributed by atoms with Crippen molar-refractivity contribution in [2.75, 3.05) is 0 Å². The molecule has 2 aromatic heterocycles. The van der Waals surface area contributed by atoms with Crippen LogP contribution in [0, 0.1) is 0 Å². The van der Waals surface area contributed by atoms with Crippen molar-refractivity contribution in [3.05, 3.63) is 64.7 Å². The van der Waals surface area contributed by atoms with E-state index in [9.17, 15) is 0 Å². The summed E-state index contributed by atoms with van der Waals surface area (Å²) in [7, 11) is 0. The molecule has 1 atom stereocenters. The average molecular weight is 283 g/mol. The molecule has 0 bridgehead atoms. The molecule has 3 rings (SSSR count). The molecule has 0 aliphatic carbocycles. The van der Waals surface area contributed by atoms with Crippen molar-refractivity contribution >= 4 is 21.6 Å². The molecule has 4 heteroatoms. The summed E-state index contributed by atoms with van der Waals surface area (Å²) in [4.78, 5) is 4.49. The molecular weight excluding hydrogens is 266 g/mol. The number of hydrogen-bond acceptors (Lipinski definition) is 4. The third kappa shape index (κ3) is 2.45. The van der Waals surface area contributed by atoms with E-state index in [4.69, 9.17) is 5.84 Å². The fourth-order valence-corrected chi connectivity index (χ4v) is 3.19. The second-order valence-electron chi connectivity index (χ2n) is 4.77. The van der Waals surface area contributed by atoms with Gasteiger partial charge in [-0.25, -0.2) is 5.43 Å². The zero-order chi connectivity index (χ0) is 13.9. The van der Waals surface area contributed by atoms with E-state index < -0.39 is 0 Å². The molecule has 3 aromatic rings. The van der Waals surface area contributed by atoms with E-state index in [1.807, 2.05) is 12.3 Å². The molecule has 3 nitrogen and oxygen atoms in total. The van der Waals surface area contributed by atoms with Crippen molar-refractivity contribution in [2.24, 2.45) is 5.84 Å². The van der Waals surface area contributed by atoms with Gasteiger partial charge in [0, 0.05) is 6.20 Å². The number of fused-ring (bicyclic) bond motifs is 1. The quantitative estimate of drug-likeness (QED) is 0.570. The van der Waals surface area contributed by atoms with E-state index in [1.165, 1.54) is 15.8 Å². The summed E-state index contributed by atoms with van der Waals surface area (Å²) in [6.07, 6.45) is 2.92. The van der Waals surface area contributed by atoms with E-state index in [-0.39, 0.29) is 6.04 Å². The summed E-state index contributed by atoms with van der Waals surface area (Å²) in [6, 6.07) is 12.7. The first-order valence-electron chi connectivity index (χ1n) is 6.70. The number of aromatic nitrogens is 1. The molecule has 2 heterocycles. The number of thiophene rings is 1. The molecule has 0 aliphatic rings. The zero-order valence-electron chi connectivity index (χ0n) is 11.3. The largest absolute Gasteiger partial charge is 0.271 e. The topological polar surface area (TPSA) is 50.9 Å². The Morgan fingerprint density at radius 2 is 2.15 bits per heavy atom. The van der Waals surface area contributed by atoms with Crippen molar-refractivity contribution in [1.82, 2.24) is 10.4 Å². The molecule has 20 heavy (non-hydrogen) atoms. The fraction of sp³-hybridized carbons (Fsp3) is 0.188. The number of nitrogens with zero attached hydrogens (tertiary/aromatic N) is 1. The van der Waals surface area contributed by atoms with Gasteiger partial charge in [0.05, 0.1) is 16.3 Å². The summed E-state index contributed by atoms with van der Waals surface area (Å²) in [5, 5.41) is 2.06. The van der Waals surface area contributed by atoms with Crippen molar-refractivity contribution in [1.29, 1.82) is 0 Å². The third-order valence-electron chi connectivity index (χ3n) is 3.52. The summed E-state index contributed by atoms with van der Waals surface area (Å²) >= 11 is 1.70. The summed E-state index contributed by atoms with van der Waals surface area (Å²) in [6.45, 7) is 2.16. The summed E-state index contributed by atoms with van der Waals surface area (Å²) in [5.74, 6) is 5.77. The van der Waals surface area contributed by atoms with Gasteiger partial charge in [-0.05, 0) is 40.6 Å². The van der Waals surface area contributed by atoms with Crippen molar-refractivity contribution in [3.8, 4) is 0 Å². The normalized spacial score (nSPS) is 12.7. The molecule has 1 aromatic carbocycles. The number of nitrogens with two attached hydrogens (primary N) is 1. The van der Waals surface area contributed by atoms with E-state index in [0.29, 0.717) is 0 Å². The van der Waals surface area contributed by atoms with Gasteiger partial charge in [0.2, 0.25) is 0 Å². The molecule has 0 fully saturated rings. The first kappa shape index (κ1) is 13.2. The number of hydrazine groups is 1. The molecular formula is C16H17N3S. The van der Waals surface area contributed by atoms with Crippen molar-refractivity contribution in [2.45, 2.75) is 19.4 Å². The van der Waals surface area contributed by atoms with E-state index in [1.54, 1.807) is 11.3 Å². The zero-order valence-corrected chi connectivity index (χ0v) is 12.2. The molecule has 3 N–H and O–H groups in total. The number of aryl methyl sites for hydroxylation is 1. The summed E-state index contributed by atoms with van der Waals surface area (Å²) in [5.41, 5.74) is 7.52. The number of nitrogens with one attached hydrogen (secondary N) is 1. The smallest absolute Gasteiger partial charge is 0.0809 e. The van der Waals surface area contributed by atoms with Gasteiger partial charge in [0.25, 0.3) is 0 Å². The van der Waals surface area contributed by atoms with Gasteiger partial charge in [-0.2, -0.15) is 0 Å². The van der Waals surface area contributed by atoms with Crippen LogP contribution in [0.5, 0.6) is 0 Å². The van der Waals surface area contributed by atoms with Crippen molar-refractivity contribution < 1.29 is 0 Å². The first-order chi connectivity index (χ1) is 9.81. The van der Waals surface area contributed by atoms with Crippen LogP contribution < -0.4 is 11.3 Å². The van der Waals surface area contributed by atoms with Gasteiger partial charge in [-0.1, -0.05) is 31.2 Å². The number of pyridine rings is 1. The maximum absolute atomic E-state index is 5.77. The van der Waals surface area contributed by atoms with Crippen LogP contribution in [0.3, 0.4) is 0 Å². The van der Waals surface area contributed by atoms with Gasteiger partial charge in [0.1, 0.15) is 0 Å². The standard InChI is InChI=1S/C16H17N3S/c1-2-11-4-3-5-12(8-11)16(19-17)13-9-15-14(18-10-13)6-7-20-15/h3-10,16,19H,2,17H2,1H3. The van der Waals surface area contributed by atoms with E-state index in [2.05, 4.69) is 53.0 Å². The van der Waals surface area contributed by atoms with Crippen LogP contribution in [-0.4, -0.2) is 4.98 Å². The molecule has 0 aliphatic heterocycles. The summed E-state index contributed by atoms with van der Waals surface area (Å²) < 4.78 is 1.19. The highest BCUT2D eigenvalue weighted by atomic mass is 32.1. The average Bonchev–Trinajstić information content (AvgIpc) is 2.96. The van der Waals surface area contributed by atoms with Crippen molar-refractivity contribution in [3.63, 3.8) is 0 Å². The second-order valence-corrected chi connectivity index (χ2v) is 5.72. The predicted octanol–water partition coefficient (Wildman–Crippen LogP) is 3.41. The third-order valence-corrected chi connectivity index (χ3v) is 4.37. The van der Waals surface area contributed by atoms with Gasteiger partial charge in [-0.3, -0.25) is 10.8 Å². The van der Waals surface area contributed by atoms with Crippen LogP contribution in [0.25, 0.3) is 10.2 Å². The number of rotatable bonds is 4. The Morgan fingerprint density at radius 3 is 2.95 bits per heavy atom. The monoisotopic (exact) mass is 283 g/mol. The predicted molar refractivity (Wildman–Crippen MR) is 84.6 cm³/mol. The van der Waals surface area contributed by atoms with Crippen LogP contribution in [0.4, 0.5) is 0 Å². The highest BCUT2D eigenvalue weighted by molar-refractivity contribution is 7.17. The van der Waals surface area contributed by atoms with Crippen LogP contribution in [-0.2, 0) is 6.42 Å². The SMILES string of the molecule is CCc1cccc(C(NN)c2cnc3ccsc3c2)c1. The number of hydrogen-bond donors (Lipinski definition) is 2. The Hall–Kier alpha value is -1.75. The van der Waals surface area contributed by atoms with Gasteiger partial charge < -0.3 is 0 Å². The molecule has 1 unspecified atom stereocenters. The molecule has 0 saturated carbocycles. The Kier molecular flexibility index (Phi) is 3.78. The Labute approximate surface area is 122 Å². The van der Waals surface area contributed by atoms with Crippen LogP contribution in [0.1, 0.15) is 29.7 Å². The van der Waals surface area contributed by atoms with E-state index >= 15 is 0 Å². The highest BCUT2D eigenvalue weighted by Gasteiger charge is 2.14. The molecule has 0 radical (unpaired) electrons. The Balaban J connectivity index is 2.03. The molecule has 0 amide bonds. The van der Waals surface area contributed by atoms with E-state index in [0.717, 1.165) is 17.5 Å². The van der Waals surface area contributed by atoms with Gasteiger partial charge in [0.15, 0.2) is 0 Å². The lowest BCUT2D eigenvalue weighted by atomic mass is 9.98. The Bertz CT molecular complexity index is 720. The Morgan fingerprint density at radius 1 is 1.25 bits per heavy atom. The van der Waals surface area contributed by atoms with Gasteiger partial charge >= 0.3 is 0 Å². The maximum Gasteiger partial charge on any atom is 0.0809 e. The first-order valence-corrected chi connectivity index (χ1v) is 7.58.